The minimum Gasteiger partial charge on any atom is -0.408 e. The van der Waals surface area contributed by atoms with Crippen LogP contribution in [0.4, 0.5) is 23.6 Å². The number of alkyl halides is 3. The largest absolute Gasteiger partial charge is 0.417 e. The summed E-state index contributed by atoms with van der Waals surface area (Å²) in [6, 6.07) is 0.883. The number of hydrogen-bond donors (Lipinski definition) is 1. The number of nitrogens with zero attached hydrogens (tertiary/aromatic N) is 2. The number of rotatable bonds is 6. The summed E-state index contributed by atoms with van der Waals surface area (Å²) in [5.74, 6) is -2.59. The summed E-state index contributed by atoms with van der Waals surface area (Å²) in [5, 5.41) is 9.03. The molecule has 1 atom stereocenters. The molecule has 1 amide bonds. The maximum Gasteiger partial charge on any atom is 0.417 e. The van der Waals surface area contributed by atoms with E-state index in [0.717, 1.165) is 0 Å². The predicted molar refractivity (Wildman–Crippen MR) is 84.6 cm³/mol. The number of halogens is 4. The Balaban J connectivity index is 2.45. The van der Waals surface area contributed by atoms with Crippen molar-refractivity contribution in [1.29, 1.82) is 0 Å². The maximum absolute atomic E-state index is 14.7. The van der Waals surface area contributed by atoms with Crippen molar-refractivity contribution in [3.8, 4) is 0 Å². The molecule has 1 N–H and O–H groups in total. The number of hydrogen-bond acceptors (Lipinski definition) is 5. The molecule has 26 heavy (non-hydrogen) atoms. The van der Waals surface area contributed by atoms with Gasteiger partial charge in [-0.2, -0.15) is 13.2 Å². The van der Waals surface area contributed by atoms with E-state index in [1.807, 2.05) is 0 Å². The third-order valence-electron chi connectivity index (χ3n) is 3.30. The molecule has 142 valence electrons. The molecule has 0 fully saturated rings. The van der Waals surface area contributed by atoms with Crippen molar-refractivity contribution in [3.05, 3.63) is 35.0 Å². The summed E-state index contributed by atoms with van der Waals surface area (Å²) in [5.41, 5.74) is -2.07. The van der Waals surface area contributed by atoms with Crippen LogP contribution in [0, 0.1) is 12.7 Å². The lowest BCUT2D eigenvalue weighted by atomic mass is 10.1. The van der Waals surface area contributed by atoms with Crippen molar-refractivity contribution < 1.29 is 31.0 Å². The monoisotopic (exact) mass is 393 g/mol. The van der Waals surface area contributed by atoms with E-state index in [1.165, 1.54) is 6.92 Å². The Labute approximate surface area is 148 Å². The van der Waals surface area contributed by atoms with Gasteiger partial charge < -0.3 is 4.42 Å². The summed E-state index contributed by atoms with van der Waals surface area (Å²) in [6.45, 7) is 3.21. The van der Waals surface area contributed by atoms with E-state index in [4.69, 9.17) is 4.42 Å². The van der Waals surface area contributed by atoms with E-state index in [0.29, 0.717) is 25.0 Å². The standard InChI is InChI=1S/C15H15F4N3O3S/c1-3-4-7-26(24)12-10(15(17,18)19)6-5-9(11(12)16)13(23)20-14-22-21-8(2)25-14/h5-6H,3-4,7H2,1-2H3,(H,20,22,23)/t26-/m1/s1. The molecule has 0 radical (unpaired) electrons. The molecule has 0 bridgehead atoms. The first-order valence-corrected chi connectivity index (χ1v) is 8.86. The molecule has 1 heterocycles. The molecule has 11 heteroatoms. The number of anilines is 1. The highest BCUT2D eigenvalue weighted by atomic mass is 32.2. The second kappa shape index (κ2) is 7.94. The first-order valence-electron chi connectivity index (χ1n) is 7.54. The average Bonchev–Trinajstić information content (AvgIpc) is 2.96. The number of unbranched alkanes of at least 4 members (excludes halogenated alkanes) is 1. The van der Waals surface area contributed by atoms with Gasteiger partial charge in [-0.25, -0.2) is 4.39 Å². The molecular weight excluding hydrogens is 378 g/mol. The number of aryl methyl sites for hydroxylation is 1. The minimum absolute atomic E-state index is 0.134. The van der Waals surface area contributed by atoms with Gasteiger partial charge in [0.2, 0.25) is 5.89 Å². The molecule has 2 rings (SSSR count). The quantitative estimate of drug-likeness (QED) is 0.757. The molecular formula is C15H15F4N3O3S. The number of carbonyl (C=O) groups is 1. The molecule has 1 aromatic heterocycles. The first kappa shape index (κ1) is 20.0. The van der Waals surface area contributed by atoms with Crippen LogP contribution in [0.25, 0.3) is 0 Å². The smallest absolute Gasteiger partial charge is 0.408 e. The van der Waals surface area contributed by atoms with Crippen molar-refractivity contribution in [2.24, 2.45) is 0 Å². The van der Waals surface area contributed by atoms with E-state index in [2.05, 4.69) is 15.5 Å². The SMILES string of the molecule is CCCC[S@@](=O)c1c(C(F)(F)F)ccc(C(=O)Nc2nnc(C)o2)c1F. The van der Waals surface area contributed by atoms with Gasteiger partial charge in [-0.3, -0.25) is 14.3 Å². The molecule has 0 unspecified atom stereocenters. The Morgan fingerprint density at radius 1 is 1.31 bits per heavy atom. The molecule has 0 saturated carbocycles. The van der Waals surface area contributed by atoms with Crippen molar-refractivity contribution in [2.45, 2.75) is 37.8 Å². The zero-order valence-corrected chi connectivity index (χ0v) is 14.6. The molecule has 0 aliphatic carbocycles. The molecule has 0 aliphatic heterocycles. The van der Waals surface area contributed by atoms with Crippen molar-refractivity contribution in [1.82, 2.24) is 10.2 Å². The van der Waals surface area contributed by atoms with Crippen LogP contribution in [0.15, 0.2) is 21.4 Å². The Bertz CT molecular complexity index is 836. The highest BCUT2D eigenvalue weighted by Gasteiger charge is 2.38. The third kappa shape index (κ3) is 4.45. The van der Waals surface area contributed by atoms with Gasteiger partial charge in [0, 0.05) is 12.7 Å². The van der Waals surface area contributed by atoms with Gasteiger partial charge in [0.05, 0.1) is 26.8 Å². The molecule has 6 nitrogen and oxygen atoms in total. The summed E-state index contributed by atoms with van der Waals surface area (Å²) < 4.78 is 71.3. The van der Waals surface area contributed by atoms with Gasteiger partial charge in [-0.05, 0) is 18.6 Å². The zero-order valence-electron chi connectivity index (χ0n) is 13.8. The van der Waals surface area contributed by atoms with Gasteiger partial charge in [0.15, 0.2) is 5.82 Å². The fourth-order valence-electron chi connectivity index (χ4n) is 2.07. The Kier molecular flexibility index (Phi) is 6.11. The van der Waals surface area contributed by atoms with Gasteiger partial charge in [0.25, 0.3) is 5.91 Å². The average molecular weight is 393 g/mol. The second-order valence-corrected chi connectivity index (χ2v) is 6.79. The van der Waals surface area contributed by atoms with Gasteiger partial charge >= 0.3 is 12.2 Å². The molecule has 0 aliphatic rings. The lowest BCUT2D eigenvalue weighted by Crippen LogP contribution is -2.19. The van der Waals surface area contributed by atoms with Crippen LogP contribution in [-0.4, -0.2) is 26.1 Å². The second-order valence-electron chi connectivity index (χ2n) is 5.29. The molecule has 2 aromatic rings. The third-order valence-corrected chi connectivity index (χ3v) is 4.82. The number of carbonyl (C=O) groups excluding carboxylic acids is 1. The van der Waals surface area contributed by atoms with Crippen molar-refractivity contribution >= 4 is 22.7 Å². The van der Waals surface area contributed by atoms with Crippen LogP contribution in [-0.2, 0) is 17.0 Å². The Morgan fingerprint density at radius 3 is 2.54 bits per heavy atom. The fourth-order valence-corrected chi connectivity index (χ4v) is 3.56. The van der Waals surface area contributed by atoms with Gasteiger partial charge in [0.1, 0.15) is 0 Å². The normalized spacial score (nSPS) is 12.8. The molecule has 1 aromatic carbocycles. The summed E-state index contributed by atoms with van der Waals surface area (Å²) in [4.78, 5) is 11.1. The highest BCUT2D eigenvalue weighted by Crippen LogP contribution is 2.36. The predicted octanol–water partition coefficient (Wildman–Crippen LogP) is 3.70. The van der Waals surface area contributed by atoms with E-state index >= 15 is 0 Å². The van der Waals surface area contributed by atoms with Crippen LogP contribution < -0.4 is 5.32 Å². The van der Waals surface area contributed by atoms with Crippen LogP contribution in [0.2, 0.25) is 0 Å². The van der Waals surface area contributed by atoms with Crippen LogP contribution in [0.5, 0.6) is 0 Å². The van der Waals surface area contributed by atoms with E-state index in [9.17, 15) is 26.6 Å². The number of amides is 1. The van der Waals surface area contributed by atoms with Gasteiger partial charge in [-0.1, -0.05) is 18.4 Å². The Hall–Kier alpha value is -2.30. The lowest BCUT2D eigenvalue weighted by Gasteiger charge is -2.15. The Morgan fingerprint density at radius 2 is 2.00 bits per heavy atom. The number of nitrogens with one attached hydrogen (secondary N) is 1. The topological polar surface area (TPSA) is 85.1 Å². The first-order chi connectivity index (χ1) is 12.1. The lowest BCUT2D eigenvalue weighted by molar-refractivity contribution is -0.140. The summed E-state index contributed by atoms with van der Waals surface area (Å²) >= 11 is 0. The highest BCUT2D eigenvalue weighted by molar-refractivity contribution is 7.85. The van der Waals surface area contributed by atoms with Crippen molar-refractivity contribution in [3.63, 3.8) is 0 Å². The van der Waals surface area contributed by atoms with Crippen LogP contribution >= 0.6 is 0 Å². The van der Waals surface area contributed by atoms with E-state index < -0.39 is 44.7 Å². The van der Waals surface area contributed by atoms with Crippen LogP contribution in [0.3, 0.4) is 0 Å². The van der Waals surface area contributed by atoms with E-state index in [1.54, 1.807) is 6.92 Å². The van der Waals surface area contributed by atoms with E-state index in [-0.39, 0.29) is 17.7 Å². The maximum atomic E-state index is 14.7. The fraction of sp³-hybridized carbons (Fsp3) is 0.400. The summed E-state index contributed by atoms with van der Waals surface area (Å²) in [6.07, 6.45) is -3.98. The molecule has 0 spiro atoms. The number of aromatic nitrogens is 2. The van der Waals surface area contributed by atoms with Crippen molar-refractivity contribution in [2.75, 3.05) is 11.1 Å². The zero-order chi connectivity index (χ0) is 19.5. The minimum atomic E-state index is -4.91. The number of benzene rings is 1. The molecule has 0 saturated heterocycles. The van der Waals surface area contributed by atoms with Crippen LogP contribution in [0.1, 0.15) is 41.6 Å². The van der Waals surface area contributed by atoms with Gasteiger partial charge in [-0.15, -0.1) is 5.10 Å². The summed E-state index contributed by atoms with van der Waals surface area (Å²) in [7, 11) is -2.25.